The van der Waals surface area contributed by atoms with E-state index in [9.17, 15) is 14.9 Å². The largest absolute Gasteiger partial charge is 0.489 e. The predicted octanol–water partition coefficient (Wildman–Crippen LogP) is 0.561. The maximum atomic E-state index is 10.5. The van der Waals surface area contributed by atoms with Crippen LogP contribution in [0.25, 0.3) is 0 Å². The molecule has 0 saturated carbocycles. The molecule has 1 aromatic heterocycles. The average Bonchev–Trinajstić information content (AvgIpc) is 2.27. The molecule has 8 nitrogen and oxygen atoms in total. The maximum absolute atomic E-state index is 10.5. The van der Waals surface area contributed by atoms with E-state index >= 15 is 0 Å². The molecule has 0 radical (unpaired) electrons. The number of nitrogens with one attached hydrogen (secondary N) is 1. The normalized spacial score (nSPS) is 17.8. The number of aromatic nitrogens is 1. The van der Waals surface area contributed by atoms with Crippen LogP contribution in [0.4, 0.5) is 10.5 Å². The first kappa shape index (κ1) is 11.1. The van der Waals surface area contributed by atoms with Gasteiger partial charge in [0.25, 0.3) is 5.69 Å². The molecule has 90 valence electrons. The first-order valence-corrected chi connectivity index (χ1v) is 4.82. The van der Waals surface area contributed by atoms with Crippen molar-refractivity contribution in [3.63, 3.8) is 0 Å². The molecule has 0 aliphatic carbocycles. The Morgan fingerprint density at radius 1 is 1.71 bits per heavy atom. The van der Waals surface area contributed by atoms with Gasteiger partial charge in [-0.25, -0.2) is 4.79 Å². The monoisotopic (exact) mass is 239 g/mol. The van der Waals surface area contributed by atoms with Crippen molar-refractivity contribution in [1.29, 1.82) is 0 Å². The van der Waals surface area contributed by atoms with Crippen LogP contribution in [0.1, 0.15) is 5.69 Å². The SMILES string of the molecule is O=C(O)NC1COc2cc([N+](=O)[O-])cnc2C1. The molecule has 1 unspecified atom stereocenters. The number of hydrogen-bond acceptors (Lipinski definition) is 5. The van der Waals surface area contributed by atoms with Gasteiger partial charge in [0.15, 0.2) is 0 Å². The Bertz CT molecular complexity index is 476. The van der Waals surface area contributed by atoms with Gasteiger partial charge < -0.3 is 15.2 Å². The molecule has 1 atom stereocenters. The highest BCUT2D eigenvalue weighted by Gasteiger charge is 2.24. The molecule has 0 bridgehead atoms. The van der Waals surface area contributed by atoms with Crippen LogP contribution in [0.3, 0.4) is 0 Å². The van der Waals surface area contributed by atoms with Crippen molar-refractivity contribution < 1.29 is 19.6 Å². The Kier molecular flexibility index (Phi) is 2.77. The van der Waals surface area contributed by atoms with Crippen LogP contribution in [0.2, 0.25) is 0 Å². The fraction of sp³-hybridized carbons (Fsp3) is 0.333. The van der Waals surface area contributed by atoms with Crippen LogP contribution in [0, 0.1) is 10.1 Å². The van der Waals surface area contributed by atoms with E-state index in [1.165, 1.54) is 6.07 Å². The standard InChI is InChI=1S/C9H9N3O5/c13-9(14)11-5-1-7-8(17-4-5)2-6(3-10-7)12(15)16/h2-3,5,11H,1,4H2,(H,13,14). The Labute approximate surface area is 95.4 Å². The number of nitro groups is 1. The van der Waals surface area contributed by atoms with E-state index in [-0.39, 0.29) is 18.3 Å². The van der Waals surface area contributed by atoms with Crippen LogP contribution >= 0.6 is 0 Å². The molecule has 2 heterocycles. The number of fused-ring (bicyclic) bond motifs is 1. The van der Waals surface area contributed by atoms with Crippen molar-refractivity contribution >= 4 is 11.8 Å². The summed E-state index contributed by atoms with van der Waals surface area (Å²) in [5.74, 6) is 0.336. The summed E-state index contributed by atoms with van der Waals surface area (Å²) in [6, 6.07) is 0.910. The van der Waals surface area contributed by atoms with E-state index in [2.05, 4.69) is 10.3 Å². The zero-order chi connectivity index (χ0) is 12.4. The number of carboxylic acid groups (broad SMARTS) is 1. The lowest BCUT2D eigenvalue weighted by molar-refractivity contribution is -0.385. The summed E-state index contributed by atoms with van der Waals surface area (Å²) in [7, 11) is 0. The zero-order valence-electron chi connectivity index (χ0n) is 8.62. The first-order chi connectivity index (χ1) is 8.06. The van der Waals surface area contributed by atoms with E-state index in [1.54, 1.807) is 0 Å². The molecular formula is C9H9N3O5. The molecule has 2 N–H and O–H groups in total. The maximum Gasteiger partial charge on any atom is 0.405 e. The number of nitrogens with zero attached hydrogens (tertiary/aromatic N) is 2. The minimum absolute atomic E-state index is 0.141. The van der Waals surface area contributed by atoms with Gasteiger partial charge in [0.05, 0.1) is 22.7 Å². The van der Waals surface area contributed by atoms with Gasteiger partial charge in [-0.05, 0) is 0 Å². The van der Waals surface area contributed by atoms with Crippen LogP contribution in [0.15, 0.2) is 12.3 Å². The van der Waals surface area contributed by atoms with E-state index in [0.717, 1.165) is 6.20 Å². The Morgan fingerprint density at radius 2 is 2.47 bits per heavy atom. The lowest BCUT2D eigenvalue weighted by Crippen LogP contribution is -2.42. The van der Waals surface area contributed by atoms with Crippen molar-refractivity contribution in [3.05, 3.63) is 28.1 Å². The second-order valence-electron chi connectivity index (χ2n) is 3.56. The van der Waals surface area contributed by atoms with Crippen molar-refractivity contribution in [2.45, 2.75) is 12.5 Å². The van der Waals surface area contributed by atoms with Crippen molar-refractivity contribution in [1.82, 2.24) is 10.3 Å². The van der Waals surface area contributed by atoms with E-state index in [0.29, 0.717) is 17.9 Å². The third-order valence-electron chi connectivity index (χ3n) is 2.33. The second-order valence-corrected chi connectivity index (χ2v) is 3.56. The number of hydrogen-bond donors (Lipinski definition) is 2. The summed E-state index contributed by atoms with van der Waals surface area (Å²) in [5, 5.41) is 21.3. The number of ether oxygens (including phenoxy) is 1. The van der Waals surface area contributed by atoms with Gasteiger partial charge in [0.1, 0.15) is 18.6 Å². The van der Waals surface area contributed by atoms with E-state index < -0.39 is 11.0 Å². The minimum atomic E-state index is -1.14. The third-order valence-corrected chi connectivity index (χ3v) is 2.33. The smallest absolute Gasteiger partial charge is 0.405 e. The van der Waals surface area contributed by atoms with Crippen molar-refractivity contribution in [3.8, 4) is 5.75 Å². The van der Waals surface area contributed by atoms with Gasteiger partial charge in [-0.1, -0.05) is 0 Å². The van der Waals surface area contributed by atoms with Gasteiger partial charge in [0, 0.05) is 6.42 Å². The second kappa shape index (κ2) is 4.24. The van der Waals surface area contributed by atoms with Crippen LogP contribution in [0.5, 0.6) is 5.75 Å². The van der Waals surface area contributed by atoms with Gasteiger partial charge in [0.2, 0.25) is 0 Å². The van der Waals surface area contributed by atoms with Crippen LogP contribution in [-0.2, 0) is 6.42 Å². The first-order valence-electron chi connectivity index (χ1n) is 4.82. The molecular weight excluding hydrogens is 230 g/mol. The zero-order valence-corrected chi connectivity index (χ0v) is 8.62. The molecule has 1 aliphatic rings. The molecule has 1 aliphatic heterocycles. The Morgan fingerprint density at radius 3 is 3.12 bits per heavy atom. The lowest BCUT2D eigenvalue weighted by Gasteiger charge is -2.23. The number of amides is 1. The Balaban J connectivity index is 2.17. The minimum Gasteiger partial charge on any atom is -0.489 e. The fourth-order valence-corrected chi connectivity index (χ4v) is 1.59. The molecule has 0 fully saturated rings. The highest BCUT2D eigenvalue weighted by atomic mass is 16.6. The van der Waals surface area contributed by atoms with Gasteiger partial charge in [-0.2, -0.15) is 0 Å². The molecule has 1 amide bonds. The molecule has 2 rings (SSSR count). The summed E-state index contributed by atoms with van der Waals surface area (Å²) in [5.41, 5.74) is 0.369. The summed E-state index contributed by atoms with van der Waals surface area (Å²) in [4.78, 5) is 24.3. The summed E-state index contributed by atoms with van der Waals surface area (Å²) < 4.78 is 5.24. The van der Waals surface area contributed by atoms with Gasteiger partial charge in [-0.3, -0.25) is 15.1 Å². The van der Waals surface area contributed by atoms with E-state index in [1.807, 2.05) is 0 Å². The van der Waals surface area contributed by atoms with Crippen LogP contribution in [-0.4, -0.2) is 33.8 Å². The molecule has 1 aromatic rings. The molecule has 8 heteroatoms. The van der Waals surface area contributed by atoms with Crippen molar-refractivity contribution in [2.75, 3.05) is 6.61 Å². The van der Waals surface area contributed by atoms with Gasteiger partial charge >= 0.3 is 6.09 Å². The average molecular weight is 239 g/mol. The molecule has 0 aromatic carbocycles. The quantitative estimate of drug-likeness (QED) is 0.575. The van der Waals surface area contributed by atoms with Gasteiger partial charge in [-0.15, -0.1) is 0 Å². The fourth-order valence-electron chi connectivity index (χ4n) is 1.59. The third kappa shape index (κ3) is 2.41. The van der Waals surface area contributed by atoms with E-state index in [4.69, 9.17) is 9.84 Å². The van der Waals surface area contributed by atoms with Crippen LogP contribution < -0.4 is 10.1 Å². The van der Waals surface area contributed by atoms with Crippen molar-refractivity contribution in [2.24, 2.45) is 0 Å². The predicted molar refractivity (Wildman–Crippen MR) is 55.0 cm³/mol. The highest BCUT2D eigenvalue weighted by Crippen LogP contribution is 2.26. The number of pyridine rings is 1. The Hall–Kier alpha value is -2.38. The topological polar surface area (TPSA) is 115 Å². The highest BCUT2D eigenvalue weighted by molar-refractivity contribution is 5.65. The summed E-state index contributed by atoms with van der Waals surface area (Å²) in [6.07, 6.45) is 0.356. The molecule has 17 heavy (non-hydrogen) atoms. The lowest BCUT2D eigenvalue weighted by atomic mass is 10.1. The molecule has 0 spiro atoms. The number of rotatable bonds is 2. The molecule has 0 saturated heterocycles. The summed E-state index contributed by atoms with van der Waals surface area (Å²) in [6.45, 7) is 0.141. The number of carbonyl (C=O) groups is 1. The summed E-state index contributed by atoms with van der Waals surface area (Å²) >= 11 is 0.